The van der Waals surface area contributed by atoms with Gasteiger partial charge in [0.25, 0.3) is 0 Å². The van der Waals surface area contributed by atoms with Crippen molar-refractivity contribution >= 4 is 41.3 Å². The van der Waals surface area contributed by atoms with Gasteiger partial charge in [0, 0.05) is 30.6 Å². The summed E-state index contributed by atoms with van der Waals surface area (Å²) in [7, 11) is 2.14. The molecular weight excluding hydrogens is 435 g/mol. The first-order chi connectivity index (χ1) is 10.9. The minimum absolute atomic E-state index is 0. The maximum absolute atomic E-state index is 10.5. The highest BCUT2D eigenvalue weighted by molar-refractivity contribution is 14.0. The van der Waals surface area contributed by atoms with Crippen LogP contribution < -0.4 is 10.6 Å². The molecule has 0 amide bonds. The smallest absolute Gasteiger partial charge is 0.191 e. The molecule has 140 valence electrons. The van der Waals surface area contributed by atoms with Crippen molar-refractivity contribution in [1.82, 2.24) is 15.5 Å². The van der Waals surface area contributed by atoms with Crippen molar-refractivity contribution in [1.29, 1.82) is 0 Å². The molecule has 0 spiro atoms. The first-order valence-electron chi connectivity index (χ1n) is 8.39. The molecule has 7 heteroatoms. The second-order valence-electron chi connectivity index (χ2n) is 6.11. The molecule has 0 aromatic carbocycles. The molecule has 1 aromatic heterocycles. The third kappa shape index (κ3) is 8.13. The molecule has 3 N–H and O–H groups in total. The van der Waals surface area contributed by atoms with Gasteiger partial charge in [-0.15, -0.1) is 35.3 Å². The summed E-state index contributed by atoms with van der Waals surface area (Å²) in [5.41, 5.74) is -0.927. The number of guanidine groups is 1. The summed E-state index contributed by atoms with van der Waals surface area (Å²) >= 11 is 1.56. The predicted octanol–water partition coefficient (Wildman–Crippen LogP) is 2.86. The van der Waals surface area contributed by atoms with Crippen LogP contribution in [0.4, 0.5) is 0 Å². The molecule has 2 unspecified atom stereocenters. The Hall–Kier alpha value is -0.380. The first-order valence-corrected chi connectivity index (χ1v) is 9.27. The number of likely N-dealkylation sites (N-methyl/N-ethyl adjacent to an activating group) is 1. The number of aliphatic imine (C=N–C) groups is 1. The summed E-state index contributed by atoms with van der Waals surface area (Å²) in [4.78, 5) is 7.81. The van der Waals surface area contributed by atoms with Crippen LogP contribution in [-0.4, -0.2) is 55.2 Å². The van der Waals surface area contributed by atoms with E-state index in [1.54, 1.807) is 11.3 Å². The van der Waals surface area contributed by atoms with Crippen LogP contribution in [0.15, 0.2) is 22.5 Å². The van der Waals surface area contributed by atoms with Gasteiger partial charge < -0.3 is 20.6 Å². The zero-order valence-electron chi connectivity index (χ0n) is 15.5. The van der Waals surface area contributed by atoms with E-state index in [2.05, 4.69) is 41.4 Å². The highest BCUT2D eigenvalue weighted by Crippen LogP contribution is 2.25. The van der Waals surface area contributed by atoms with Crippen LogP contribution in [-0.2, 0) is 5.60 Å². The molecule has 0 bridgehead atoms. The van der Waals surface area contributed by atoms with Crippen LogP contribution in [0.5, 0.6) is 0 Å². The molecule has 2 atom stereocenters. The lowest BCUT2D eigenvalue weighted by Crippen LogP contribution is -2.43. The highest BCUT2D eigenvalue weighted by atomic mass is 127. The van der Waals surface area contributed by atoms with E-state index in [9.17, 15) is 5.11 Å². The number of hydrogen-bond acceptors (Lipinski definition) is 4. The number of nitrogens with zero attached hydrogens (tertiary/aromatic N) is 2. The average molecular weight is 468 g/mol. The predicted molar refractivity (Wildman–Crippen MR) is 116 cm³/mol. The lowest BCUT2D eigenvalue weighted by atomic mass is 10.1. The van der Waals surface area contributed by atoms with Crippen molar-refractivity contribution < 1.29 is 5.11 Å². The van der Waals surface area contributed by atoms with E-state index < -0.39 is 5.60 Å². The van der Waals surface area contributed by atoms with Gasteiger partial charge in [-0.25, -0.2) is 4.99 Å². The number of halogens is 1. The standard InChI is InChI=1S/C17H32N4OS.HI/c1-6-14(3)21(5)11-10-19-16(18-7-2)20-13-17(4,22)15-9-8-12-23-15;/h8-9,12,14,22H,6-7,10-11,13H2,1-5H3,(H2,18,19,20);1H. The molecule has 0 saturated heterocycles. The van der Waals surface area contributed by atoms with E-state index in [1.807, 2.05) is 31.4 Å². The number of hydrogen-bond donors (Lipinski definition) is 3. The summed E-state index contributed by atoms with van der Waals surface area (Å²) in [5, 5.41) is 19.1. The Morgan fingerprint density at radius 2 is 2.12 bits per heavy atom. The fraction of sp³-hybridized carbons (Fsp3) is 0.706. The van der Waals surface area contributed by atoms with Crippen molar-refractivity contribution in [2.75, 3.05) is 33.2 Å². The molecule has 24 heavy (non-hydrogen) atoms. The van der Waals surface area contributed by atoms with Gasteiger partial charge in [-0.3, -0.25) is 0 Å². The molecule has 1 heterocycles. The quantitative estimate of drug-likeness (QED) is 0.297. The Labute approximate surface area is 168 Å². The van der Waals surface area contributed by atoms with E-state index in [0.29, 0.717) is 12.6 Å². The Morgan fingerprint density at radius 3 is 2.67 bits per heavy atom. The molecule has 1 aromatic rings. The van der Waals surface area contributed by atoms with Gasteiger partial charge in [0.15, 0.2) is 5.96 Å². The molecule has 0 radical (unpaired) electrons. The van der Waals surface area contributed by atoms with Crippen LogP contribution in [0.25, 0.3) is 0 Å². The summed E-state index contributed by atoms with van der Waals surface area (Å²) in [6.07, 6.45) is 1.15. The summed E-state index contributed by atoms with van der Waals surface area (Å²) in [6, 6.07) is 4.48. The number of thiophene rings is 1. The van der Waals surface area contributed by atoms with E-state index in [0.717, 1.165) is 36.9 Å². The van der Waals surface area contributed by atoms with E-state index in [4.69, 9.17) is 0 Å². The molecule has 0 aliphatic rings. The summed E-state index contributed by atoms with van der Waals surface area (Å²) in [6.45, 7) is 11.2. The largest absolute Gasteiger partial charge is 0.383 e. The normalized spacial score (nSPS) is 15.5. The maximum atomic E-state index is 10.5. The van der Waals surface area contributed by atoms with Crippen LogP contribution in [0.2, 0.25) is 0 Å². The van der Waals surface area contributed by atoms with Gasteiger partial charge in [-0.1, -0.05) is 13.0 Å². The van der Waals surface area contributed by atoms with Crippen molar-refractivity contribution in [3.63, 3.8) is 0 Å². The fourth-order valence-electron chi connectivity index (χ4n) is 2.12. The van der Waals surface area contributed by atoms with Crippen LogP contribution in [0.3, 0.4) is 0 Å². The van der Waals surface area contributed by atoms with Crippen LogP contribution in [0, 0.1) is 0 Å². The molecular formula is C17H33IN4OS. The maximum Gasteiger partial charge on any atom is 0.191 e. The monoisotopic (exact) mass is 468 g/mol. The van der Waals surface area contributed by atoms with E-state index in [1.165, 1.54) is 0 Å². The van der Waals surface area contributed by atoms with Crippen molar-refractivity contribution in [2.45, 2.75) is 45.8 Å². The second kappa shape index (κ2) is 12.1. The SMILES string of the molecule is CCNC(=NCC(C)(O)c1cccs1)NCCN(C)C(C)CC.I. The number of aliphatic hydroxyl groups is 1. The minimum atomic E-state index is -0.927. The van der Waals surface area contributed by atoms with Gasteiger partial charge in [0.1, 0.15) is 5.60 Å². The fourth-order valence-corrected chi connectivity index (χ4v) is 2.90. The van der Waals surface area contributed by atoms with E-state index in [-0.39, 0.29) is 24.0 Å². The average Bonchev–Trinajstić information content (AvgIpc) is 3.07. The summed E-state index contributed by atoms with van der Waals surface area (Å²) < 4.78 is 0. The van der Waals surface area contributed by atoms with Crippen LogP contribution in [0.1, 0.15) is 39.0 Å². The second-order valence-corrected chi connectivity index (χ2v) is 7.06. The molecule has 0 fully saturated rings. The van der Waals surface area contributed by atoms with Crippen molar-refractivity contribution in [3.8, 4) is 0 Å². The minimum Gasteiger partial charge on any atom is -0.383 e. The Balaban J connectivity index is 0.00000529. The topological polar surface area (TPSA) is 59.9 Å². The van der Waals surface area contributed by atoms with E-state index >= 15 is 0 Å². The lowest BCUT2D eigenvalue weighted by Gasteiger charge is -2.24. The lowest BCUT2D eigenvalue weighted by molar-refractivity contribution is 0.0711. The summed E-state index contributed by atoms with van der Waals surface area (Å²) in [5.74, 6) is 0.752. The van der Waals surface area contributed by atoms with Gasteiger partial charge in [-0.2, -0.15) is 0 Å². The number of rotatable bonds is 9. The van der Waals surface area contributed by atoms with Gasteiger partial charge in [0.2, 0.25) is 0 Å². The van der Waals surface area contributed by atoms with Crippen molar-refractivity contribution in [2.24, 2.45) is 4.99 Å². The molecule has 0 aliphatic carbocycles. The molecule has 0 saturated carbocycles. The van der Waals surface area contributed by atoms with Crippen LogP contribution >= 0.6 is 35.3 Å². The molecule has 5 nitrogen and oxygen atoms in total. The Kier molecular flexibility index (Phi) is 11.9. The van der Waals surface area contributed by atoms with Gasteiger partial charge in [-0.05, 0) is 45.7 Å². The zero-order valence-corrected chi connectivity index (χ0v) is 18.6. The number of nitrogens with one attached hydrogen (secondary N) is 2. The molecule has 1 rings (SSSR count). The zero-order chi connectivity index (χ0) is 17.3. The first kappa shape index (κ1) is 23.6. The van der Waals surface area contributed by atoms with Crippen molar-refractivity contribution in [3.05, 3.63) is 22.4 Å². The third-order valence-corrected chi connectivity index (χ3v) is 5.16. The molecule has 0 aliphatic heterocycles. The van der Waals surface area contributed by atoms with Gasteiger partial charge >= 0.3 is 0 Å². The Bertz CT molecular complexity index is 465. The highest BCUT2D eigenvalue weighted by Gasteiger charge is 2.23. The van der Waals surface area contributed by atoms with Gasteiger partial charge in [0.05, 0.1) is 6.54 Å². The third-order valence-electron chi connectivity index (χ3n) is 4.04. The Morgan fingerprint density at radius 1 is 1.42 bits per heavy atom.